The minimum absolute atomic E-state index is 0.207. The van der Waals surface area contributed by atoms with Crippen LogP contribution in [0.4, 0.5) is 0 Å². The quantitative estimate of drug-likeness (QED) is 0.711. The molecule has 1 amide bonds. The van der Waals surface area contributed by atoms with Crippen molar-refractivity contribution in [2.24, 2.45) is 11.8 Å². The van der Waals surface area contributed by atoms with E-state index in [9.17, 15) is 4.79 Å². The number of carbonyl (C=O) groups is 1. The van der Waals surface area contributed by atoms with Gasteiger partial charge in [-0.05, 0) is 37.8 Å². The minimum atomic E-state index is 0.207. The molecule has 1 heterocycles. The van der Waals surface area contributed by atoms with E-state index < -0.39 is 0 Å². The highest BCUT2D eigenvalue weighted by molar-refractivity contribution is 5.76. The summed E-state index contributed by atoms with van der Waals surface area (Å²) in [6.07, 6.45) is 3.05. The fraction of sp³-hybridized carbons (Fsp3) is 0.909. The fourth-order valence-corrected chi connectivity index (χ4v) is 1.79. The van der Waals surface area contributed by atoms with Crippen LogP contribution in [0.15, 0.2) is 0 Å². The number of rotatable bonds is 4. The Morgan fingerprint density at radius 3 is 2.64 bits per heavy atom. The lowest BCUT2D eigenvalue weighted by atomic mass is 9.98. The molecule has 0 saturated carbocycles. The van der Waals surface area contributed by atoms with Crippen LogP contribution in [0.1, 0.15) is 33.1 Å². The third-order valence-electron chi connectivity index (χ3n) is 2.64. The number of piperidine rings is 1. The number of amides is 1. The van der Waals surface area contributed by atoms with Crippen LogP contribution in [0, 0.1) is 11.8 Å². The van der Waals surface area contributed by atoms with Gasteiger partial charge >= 0.3 is 0 Å². The summed E-state index contributed by atoms with van der Waals surface area (Å²) in [4.78, 5) is 11.4. The number of nitrogens with one attached hydrogen (secondary N) is 2. The Morgan fingerprint density at radius 1 is 1.43 bits per heavy atom. The van der Waals surface area contributed by atoms with Crippen LogP contribution in [-0.4, -0.2) is 25.5 Å². The van der Waals surface area contributed by atoms with Crippen molar-refractivity contribution in [1.82, 2.24) is 10.6 Å². The first-order chi connectivity index (χ1) is 6.68. The van der Waals surface area contributed by atoms with Crippen molar-refractivity contribution >= 4 is 5.91 Å². The maximum Gasteiger partial charge on any atom is 0.220 e. The number of hydrogen-bond donors (Lipinski definition) is 2. The van der Waals surface area contributed by atoms with Gasteiger partial charge in [0.25, 0.3) is 0 Å². The zero-order chi connectivity index (χ0) is 10.4. The molecular weight excluding hydrogens is 176 g/mol. The maximum absolute atomic E-state index is 11.4. The van der Waals surface area contributed by atoms with Gasteiger partial charge in [-0.25, -0.2) is 0 Å². The van der Waals surface area contributed by atoms with E-state index in [0.717, 1.165) is 19.6 Å². The molecule has 82 valence electrons. The topological polar surface area (TPSA) is 41.1 Å². The molecule has 0 aliphatic carbocycles. The first-order valence-corrected chi connectivity index (χ1v) is 5.66. The largest absolute Gasteiger partial charge is 0.356 e. The molecule has 3 heteroatoms. The lowest BCUT2D eigenvalue weighted by Crippen LogP contribution is -2.36. The van der Waals surface area contributed by atoms with Gasteiger partial charge in [-0.15, -0.1) is 0 Å². The summed E-state index contributed by atoms with van der Waals surface area (Å²) in [7, 11) is 0. The summed E-state index contributed by atoms with van der Waals surface area (Å²) < 4.78 is 0. The Morgan fingerprint density at radius 2 is 2.07 bits per heavy atom. The highest BCUT2D eigenvalue weighted by Crippen LogP contribution is 2.10. The molecule has 0 atom stereocenters. The molecular formula is C11H22N2O. The first kappa shape index (κ1) is 11.5. The van der Waals surface area contributed by atoms with Crippen LogP contribution in [0.25, 0.3) is 0 Å². The molecule has 14 heavy (non-hydrogen) atoms. The van der Waals surface area contributed by atoms with Crippen molar-refractivity contribution in [1.29, 1.82) is 0 Å². The normalized spacial score (nSPS) is 18.5. The molecule has 0 aromatic carbocycles. The summed E-state index contributed by atoms with van der Waals surface area (Å²) in [6, 6.07) is 0. The summed E-state index contributed by atoms with van der Waals surface area (Å²) in [5.41, 5.74) is 0. The van der Waals surface area contributed by atoms with E-state index >= 15 is 0 Å². The smallest absolute Gasteiger partial charge is 0.220 e. The molecule has 0 spiro atoms. The van der Waals surface area contributed by atoms with Gasteiger partial charge in [0.05, 0.1) is 0 Å². The summed E-state index contributed by atoms with van der Waals surface area (Å²) in [5, 5.41) is 6.34. The molecule has 1 fully saturated rings. The van der Waals surface area contributed by atoms with Gasteiger partial charge in [0.2, 0.25) is 5.91 Å². The Labute approximate surface area is 86.6 Å². The zero-order valence-corrected chi connectivity index (χ0v) is 9.31. The molecule has 0 aromatic rings. The fourth-order valence-electron chi connectivity index (χ4n) is 1.79. The third kappa shape index (κ3) is 4.61. The van der Waals surface area contributed by atoms with E-state index in [-0.39, 0.29) is 5.91 Å². The van der Waals surface area contributed by atoms with E-state index in [1.807, 2.05) is 0 Å². The standard InChI is InChI=1S/C11H22N2O/c1-9(2)7-11(14)13-8-10-3-5-12-6-4-10/h9-10,12H,3-8H2,1-2H3,(H,13,14). The van der Waals surface area contributed by atoms with Gasteiger partial charge in [0.1, 0.15) is 0 Å². The highest BCUT2D eigenvalue weighted by Gasteiger charge is 2.13. The van der Waals surface area contributed by atoms with Gasteiger partial charge in [-0.1, -0.05) is 13.8 Å². The average Bonchev–Trinajstić information content (AvgIpc) is 2.15. The van der Waals surface area contributed by atoms with Gasteiger partial charge in [-0.2, -0.15) is 0 Å². The molecule has 0 bridgehead atoms. The van der Waals surface area contributed by atoms with Crippen LogP contribution >= 0.6 is 0 Å². The SMILES string of the molecule is CC(C)CC(=O)NCC1CCNCC1. The Kier molecular flexibility index (Phi) is 4.94. The van der Waals surface area contributed by atoms with Gasteiger partial charge in [0.15, 0.2) is 0 Å². The van der Waals surface area contributed by atoms with E-state index in [0.29, 0.717) is 18.3 Å². The minimum Gasteiger partial charge on any atom is -0.356 e. The van der Waals surface area contributed by atoms with E-state index in [1.54, 1.807) is 0 Å². The highest BCUT2D eigenvalue weighted by atomic mass is 16.1. The van der Waals surface area contributed by atoms with Crippen LogP contribution < -0.4 is 10.6 Å². The molecule has 1 rings (SSSR count). The van der Waals surface area contributed by atoms with Gasteiger partial charge < -0.3 is 10.6 Å². The van der Waals surface area contributed by atoms with Crippen molar-refractivity contribution in [2.45, 2.75) is 33.1 Å². The zero-order valence-electron chi connectivity index (χ0n) is 9.31. The monoisotopic (exact) mass is 198 g/mol. The van der Waals surface area contributed by atoms with Crippen LogP contribution in [0.3, 0.4) is 0 Å². The third-order valence-corrected chi connectivity index (χ3v) is 2.64. The summed E-state index contributed by atoms with van der Waals surface area (Å²) >= 11 is 0. The molecule has 0 aromatic heterocycles. The molecule has 0 unspecified atom stereocenters. The molecule has 2 N–H and O–H groups in total. The Hall–Kier alpha value is -0.570. The predicted molar refractivity (Wildman–Crippen MR) is 58.1 cm³/mol. The van der Waals surface area contributed by atoms with Gasteiger partial charge in [0, 0.05) is 13.0 Å². The molecule has 1 aliphatic heterocycles. The average molecular weight is 198 g/mol. The van der Waals surface area contributed by atoms with E-state index in [4.69, 9.17) is 0 Å². The Bertz CT molecular complexity index is 174. The molecule has 0 radical (unpaired) electrons. The second kappa shape index (κ2) is 6.02. The van der Waals surface area contributed by atoms with Crippen molar-refractivity contribution < 1.29 is 4.79 Å². The van der Waals surface area contributed by atoms with Crippen LogP contribution in [0.2, 0.25) is 0 Å². The summed E-state index contributed by atoms with van der Waals surface area (Å²) in [5.74, 6) is 1.36. The first-order valence-electron chi connectivity index (χ1n) is 5.66. The Balaban J connectivity index is 2.09. The van der Waals surface area contributed by atoms with Crippen LogP contribution in [0.5, 0.6) is 0 Å². The number of carbonyl (C=O) groups excluding carboxylic acids is 1. The molecule has 1 saturated heterocycles. The second-order valence-electron chi connectivity index (χ2n) is 4.60. The van der Waals surface area contributed by atoms with Crippen molar-refractivity contribution in [3.63, 3.8) is 0 Å². The van der Waals surface area contributed by atoms with E-state index in [1.165, 1.54) is 12.8 Å². The maximum atomic E-state index is 11.4. The lowest BCUT2D eigenvalue weighted by molar-refractivity contribution is -0.122. The molecule has 3 nitrogen and oxygen atoms in total. The van der Waals surface area contributed by atoms with Crippen molar-refractivity contribution in [3.8, 4) is 0 Å². The van der Waals surface area contributed by atoms with Crippen molar-refractivity contribution in [2.75, 3.05) is 19.6 Å². The number of hydrogen-bond acceptors (Lipinski definition) is 2. The van der Waals surface area contributed by atoms with Crippen LogP contribution in [-0.2, 0) is 4.79 Å². The lowest BCUT2D eigenvalue weighted by Gasteiger charge is -2.22. The molecule has 1 aliphatic rings. The summed E-state index contributed by atoms with van der Waals surface area (Å²) in [6.45, 7) is 7.22. The second-order valence-corrected chi connectivity index (χ2v) is 4.60. The van der Waals surface area contributed by atoms with Gasteiger partial charge in [-0.3, -0.25) is 4.79 Å². The van der Waals surface area contributed by atoms with Crippen molar-refractivity contribution in [3.05, 3.63) is 0 Å². The predicted octanol–water partition coefficient (Wildman–Crippen LogP) is 1.15. The van der Waals surface area contributed by atoms with E-state index in [2.05, 4.69) is 24.5 Å².